The second kappa shape index (κ2) is 4.16. The lowest BCUT2D eigenvalue weighted by atomic mass is 10.0. The van der Waals surface area contributed by atoms with Crippen molar-refractivity contribution in [2.45, 2.75) is 6.61 Å². The Hall–Kier alpha value is -2.33. The second-order valence-corrected chi connectivity index (χ2v) is 4.22. The smallest absolute Gasteiger partial charge is 0.153 e. The number of nitrogen functional groups attached to an aromatic ring is 1. The van der Waals surface area contributed by atoms with Crippen LogP contribution in [0.4, 0.5) is 5.82 Å². The van der Waals surface area contributed by atoms with Gasteiger partial charge in [0.15, 0.2) is 5.82 Å². The minimum atomic E-state index is 0.0635. The summed E-state index contributed by atoms with van der Waals surface area (Å²) in [5.74, 6) is 0.513. The Kier molecular flexibility index (Phi) is 2.50. The van der Waals surface area contributed by atoms with Gasteiger partial charge < -0.3 is 10.8 Å². The lowest BCUT2D eigenvalue weighted by molar-refractivity contribution is 0.282. The fraction of sp³-hybridized carbons (Fsp3) is 0.0714. The van der Waals surface area contributed by atoms with Gasteiger partial charge in [0.2, 0.25) is 0 Å². The number of nitrogens with one attached hydrogen (secondary N) is 1. The van der Waals surface area contributed by atoms with Gasteiger partial charge in [0.05, 0.1) is 12.1 Å². The number of nitrogens with two attached hydrogens (primary N) is 1. The number of aromatic nitrogens is 2. The van der Waals surface area contributed by atoms with Crippen LogP contribution in [0.25, 0.3) is 22.0 Å². The van der Waals surface area contributed by atoms with Crippen LogP contribution in [0.3, 0.4) is 0 Å². The molecule has 0 fully saturated rings. The third-order valence-corrected chi connectivity index (χ3v) is 3.06. The summed E-state index contributed by atoms with van der Waals surface area (Å²) in [4.78, 5) is 0. The van der Waals surface area contributed by atoms with Crippen LogP contribution in [-0.2, 0) is 6.61 Å². The number of rotatable bonds is 2. The van der Waals surface area contributed by atoms with Crippen LogP contribution in [0, 0.1) is 0 Å². The zero-order valence-electron chi connectivity index (χ0n) is 9.72. The summed E-state index contributed by atoms with van der Waals surface area (Å²) in [6.45, 7) is 0.0635. The minimum absolute atomic E-state index is 0.0635. The molecule has 0 atom stereocenters. The monoisotopic (exact) mass is 239 g/mol. The van der Waals surface area contributed by atoms with Crippen LogP contribution in [0.1, 0.15) is 5.56 Å². The van der Waals surface area contributed by atoms with E-state index in [-0.39, 0.29) is 6.61 Å². The second-order valence-electron chi connectivity index (χ2n) is 4.22. The highest BCUT2D eigenvalue weighted by Gasteiger charge is 2.04. The number of anilines is 1. The number of hydrogen-bond donors (Lipinski definition) is 3. The molecule has 1 heterocycles. The average molecular weight is 239 g/mol. The predicted octanol–water partition coefficient (Wildman–Crippen LogP) is 2.30. The van der Waals surface area contributed by atoms with Crippen LogP contribution in [0.15, 0.2) is 42.5 Å². The molecule has 18 heavy (non-hydrogen) atoms. The van der Waals surface area contributed by atoms with Crippen LogP contribution in [0.5, 0.6) is 0 Å². The fourth-order valence-electron chi connectivity index (χ4n) is 2.02. The molecule has 1 aromatic heterocycles. The fourth-order valence-corrected chi connectivity index (χ4v) is 2.02. The van der Waals surface area contributed by atoms with Crippen LogP contribution in [0.2, 0.25) is 0 Å². The Labute approximate surface area is 104 Å². The molecule has 3 rings (SSSR count). The quantitative estimate of drug-likeness (QED) is 0.642. The third kappa shape index (κ3) is 1.72. The first-order valence-corrected chi connectivity index (χ1v) is 5.72. The summed E-state index contributed by atoms with van der Waals surface area (Å²) in [7, 11) is 0. The van der Waals surface area contributed by atoms with E-state index in [1.807, 2.05) is 42.5 Å². The van der Waals surface area contributed by atoms with Crippen molar-refractivity contribution < 1.29 is 5.11 Å². The summed E-state index contributed by atoms with van der Waals surface area (Å²) >= 11 is 0. The van der Waals surface area contributed by atoms with Crippen molar-refractivity contribution in [1.29, 1.82) is 0 Å². The highest BCUT2D eigenvalue weighted by Crippen LogP contribution is 2.26. The third-order valence-electron chi connectivity index (χ3n) is 3.06. The largest absolute Gasteiger partial charge is 0.392 e. The van der Waals surface area contributed by atoms with Crippen molar-refractivity contribution >= 4 is 16.7 Å². The zero-order valence-corrected chi connectivity index (χ0v) is 9.72. The van der Waals surface area contributed by atoms with Crippen molar-refractivity contribution in [2.24, 2.45) is 0 Å². The molecule has 4 heteroatoms. The number of benzene rings is 2. The van der Waals surface area contributed by atoms with Crippen LogP contribution < -0.4 is 5.73 Å². The number of H-pyrrole nitrogens is 1. The molecule has 0 bridgehead atoms. The van der Waals surface area contributed by atoms with Crippen molar-refractivity contribution in [1.82, 2.24) is 10.2 Å². The van der Waals surface area contributed by atoms with Crippen molar-refractivity contribution in [3.8, 4) is 11.1 Å². The number of aliphatic hydroxyl groups is 1. The predicted molar refractivity (Wildman–Crippen MR) is 71.9 cm³/mol. The topological polar surface area (TPSA) is 74.9 Å². The van der Waals surface area contributed by atoms with Gasteiger partial charge >= 0.3 is 0 Å². The summed E-state index contributed by atoms with van der Waals surface area (Å²) in [5.41, 5.74) is 9.81. The molecule has 0 radical (unpaired) electrons. The summed E-state index contributed by atoms with van der Waals surface area (Å²) in [6, 6.07) is 13.8. The summed E-state index contributed by atoms with van der Waals surface area (Å²) in [5, 5.41) is 16.8. The van der Waals surface area contributed by atoms with Gasteiger partial charge in [0.25, 0.3) is 0 Å². The van der Waals surface area contributed by atoms with Gasteiger partial charge in [0, 0.05) is 5.39 Å². The van der Waals surface area contributed by atoms with Crippen LogP contribution in [-0.4, -0.2) is 15.3 Å². The number of fused-ring (bicyclic) bond motifs is 1. The molecule has 0 saturated heterocycles. The molecular weight excluding hydrogens is 226 g/mol. The molecule has 2 aromatic carbocycles. The number of aromatic amines is 1. The van der Waals surface area contributed by atoms with Crippen molar-refractivity contribution in [3.05, 3.63) is 48.0 Å². The molecule has 0 aliphatic heterocycles. The van der Waals surface area contributed by atoms with Gasteiger partial charge in [0.1, 0.15) is 0 Å². The molecule has 3 aromatic rings. The van der Waals surface area contributed by atoms with E-state index >= 15 is 0 Å². The molecule has 0 spiro atoms. The highest BCUT2D eigenvalue weighted by atomic mass is 16.3. The standard InChI is InChI=1S/C14H13N3O/c15-14-12-7-11(5-6-13(12)16-17-14)10-3-1-9(8-18)2-4-10/h1-7,18H,8H2,(H3,15,16,17). The Morgan fingerprint density at radius 3 is 2.50 bits per heavy atom. The van der Waals surface area contributed by atoms with Gasteiger partial charge in [-0.25, -0.2) is 0 Å². The summed E-state index contributed by atoms with van der Waals surface area (Å²) in [6.07, 6.45) is 0. The Morgan fingerprint density at radius 1 is 1.06 bits per heavy atom. The SMILES string of the molecule is Nc1n[nH]c2ccc(-c3ccc(CO)cc3)cc12. The Bertz CT molecular complexity index is 686. The van der Waals surface area contributed by atoms with E-state index in [4.69, 9.17) is 10.8 Å². The number of hydrogen-bond acceptors (Lipinski definition) is 3. The van der Waals surface area contributed by atoms with Crippen molar-refractivity contribution in [3.63, 3.8) is 0 Å². The molecule has 0 unspecified atom stereocenters. The maximum Gasteiger partial charge on any atom is 0.153 e. The van der Waals surface area contributed by atoms with E-state index in [2.05, 4.69) is 10.2 Å². The minimum Gasteiger partial charge on any atom is -0.392 e. The molecule has 90 valence electrons. The first-order valence-electron chi connectivity index (χ1n) is 5.72. The molecule has 0 aliphatic rings. The van der Waals surface area contributed by atoms with E-state index in [0.717, 1.165) is 27.6 Å². The van der Waals surface area contributed by atoms with E-state index in [9.17, 15) is 0 Å². The Balaban J connectivity index is 2.09. The van der Waals surface area contributed by atoms with Gasteiger partial charge in [-0.15, -0.1) is 0 Å². The van der Waals surface area contributed by atoms with Gasteiger partial charge in [-0.3, -0.25) is 5.10 Å². The number of nitrogens with zero attached hydrogens (tertiary/aromatic N) is 1. The van der Waals surface area contributed by atoms with E-state index in [1.54, 1.807) is 0 Å². The molecule has 4 nitrogen and oxygen atoms in total. The Morgan fingerprint density at radius 2 is 1.78 bits per heavy atom. The average Bonchev–Trinajstić information content (AvgIpc) is 2.80. The zero-order chi connectivity index (χ0) is 12.5. The van der Waals surface area contributed by atoms with E-state index in [0.29, 0.717) is 5.82 Å². The molecule has 0 aliphatic carbocycles. The highest BCUT2D eigenvalue weighted by molar-refractivity contribution is 5.92. The first-order chi connectivity index (χ1) is 8.78. The maximum atomic E-state index is 9.02. The van der Waals surface area contributed by atoms with Gasteiger partial charge in [-0.1, -0.05) is 30.3 Å². The molecule has 4 N–H and O–H groups in total. The molecule has 0 saturated carbocycles. The van der Waals surface area contributed by atoms with E-state index < -0.39 is 0 Å². The summed E-state index contributed by atoms with van der Waals surface area (Å²) < 4.78 is 0. The lowest BCUT2D eigenvalue weighted by Crippen LogP contribution is -1.85. The number of aliphatic hydroxyl groups excluding tert-OH is 1. The van der Waals surface area contributed by atoms with Gasteiger partial charge in [-0.2, -0.15) is 5.10 Å². The normalized spacial score (nSPS) is 10.9. The molecular formula is C14H13N3O. The van der Waals surface area contributed by atoms with E-state index in [1.165, 1.54) is 0 Å². The lowest BCUT2D eigenvalue weighted by Gasteiger charge is -2.03. The van der Waals surface area contributed by atoms with Crippen molar-refractivity contribution in [2.75, 3.05) is 5.73 Å². The van der Waals surface area contributed by atoms with Crippen LogP contribution >= 0.6 is 0 Å². The molecule has 0 amide bonds. The maximum absolute atomic E-state index is 9.02. The van der Waals surface area contributed by atoms with Gasteiger partial charge in [-0.05, 0) is 28.8 Å². The first kappa shape index (κ1) is 10.8.